The van der Waals surface area contributed by atoms with Crippen LogP contribution in [0.2, 0.25) is 10.0 Å². The summed E-state index contributed by atoms with van der Waals surface area (Å²) in [6.07, 6.45) is -5.31. The molecule has 1 amide bonds. The Morgan fingerprint density at radius 3 is 2.40 bits per heavy atom. The molecule has 1 fully saturated rings. The molecular formula is C23H21Cl2F3N2O4S. The second kappa shape index (κ2) is 11.1. The SMILES string of the molecule is Cc1cc(C2=NOC(c3cc(Cl)cc(Cl)c3)(C(F)(F)F)C2)ccc1C(=O)NCC1CSC1.O=CO. The number of carbonyl (C=O) groups excluding carboxylic acids is 1. The van der Waals surface area contributed by atoms with Gasteiger partial charge in [0.1, 0.15) is 0 Å². The monoisotopic (exact) mass is 548 g/mol. The van der Waals surface area contributed by atoms with Crippen molar-refractivity contribution in [2.24, 2.45) is 11.1 Å². The molecule has 2 N–H and O–H groups in total. The average molecular weight is 549 g/mol. The number of halogens is 5. The number of thioether (sulfide) groups is 1. The number of carboxylic acid groups (broad SMARTS) is 1. The third kappa shape index (κ3) is 6.05. The summed E-state index contributed by atoms with van der Waals surface area (Å²) in [5.74, 6) is 2.37. The van der Waals surface area contributed by atoms with E-state index in [4.69, 9.17) is 37.9 Å². The number of rotatable bonds is 5. The van der Waals surface area contributed by atoms with Gasteiger partial charge in [0.15, 0.2) is 0 Å². The Balaban J connectivity index is 0.00000108. The first-order valence-corrected chi connectivity index (χ1v) is 12.2. The van der Waals surface area contributed by atoms with Crippen molar-refractivity contribution in [2.45, 2.75) is 25.1 Å². The average Bonchev–Trinajstić information content (AvgIpc) is 3.19. The number of nitrogens with zero attached hydrogens (tertiary/aromatic N) is 1. The topological polar surface area (TPSA) is 88.0 Å². The van der Waals surface area contributed by atoms with Gasteiger partial charge in [-0.25, -0.2) is 0 Å². The molecule has 12 heteroatoms. The zero-order valence-corrected chi connectivity index (χ0v) is 20.7. The van der Waals surface area contributed by atoms with Crippen molar-refractivity contribution < 1.29 is 32.7 Å². The maximum absolute atomic E-state index is 14.1. The lowest BCUT2D eigenvalue weighted by molar-refractivity contribution is -0.275. The molecule has 1 saturated heterocycles. The maximum Gasteiger partial charge on any atom is 0.435 e. The highest BCUT2D eigenvalue weighted by molar-refractivity contribution is 8.00. The summed E-state index contributed by atoms with van der Waals surface area (Å²) in [7, 11) is 0. The van der Waals surface area contributed by atoms with Crippen LogP contribution in [0.15, 0.2) is 41.6 Å². The zero-order valence-electron chi connectivity index (χ0n) is 18.4. The van der Waals surface area contributed by atoms with Crippen molar-refractivity contribution in [2.75, 3.05) is 18.1 Å². The zero-order chi connectivity index (χ0) is 25.8. The third-order valence-corrected chi connectivity index (χ3v) is 7.43. The van der Waals surface area contributed by atoms with E-state index in [0.717, 1.165) is 11.5 Å². The van der Waals surface area contributed by atoms with Gasteiger partial charge in [0.2, 0.25) is 0 Å². The normalized spacial score (nSPS) is 19.5. The number of aryl methyl sites for hydroxylation is 1. The quantitative estimate of drug-likeness (QED) is 0.469. The fraction of sp³-hybridized carbons (Fsp3) is 0.348. The van der Waals surface area contributed by atoms with Gasteiger partial charge < -0.3 is 15.3 Å². The van der Waals surface area contributed by atoms with E-state index in [1.165, 1.54) is 18.2 Å². The lowest BCUT2D eigenvalue weighted by Crippen LogP contribution is -2.42. The smallest absolute Gasteiger partial charge is 0.435 e. The van der Waals surface area contributed by atoms with Crippen LogP contribution in [0.5, 0.6) is 0 Å². The molecule has 35 heavy (non-hydrogen) atoms. The molecule has 188 valence electrons. The van der Waals surface area contributed by atoms with Gasteiger partial charge in [0.05, 0.1) is 5.71 Å². The van der Waals surface area contributed by atoms with Crippen LogP contribution in [0.1, 0.15) is 33.5 Å². The summed E-state index contributed by atoms with van der Waals surface area (Å²) in [4.78, 5) is 25.9. The number of benzene rings is 2. The van der Waals surface area contributed by atoms with Crippen LogP contribution in [0.25, 0.3) is 0 Å². The highest BCUT2D eigenvalue weighted by atomic mass is 35.5. The molecule has 4 rings (SSSR count). The van der Waals surface area contributed by atoms with Crippen LogP contribution in [-0.2, 0) is 15.2 Å². The molecule has 0 bridgehead atoms. The Hall–Kier alpha value is -2.43. The number of hydrogen-bond donors (Lipinski definition) is 2. The van der Waals surface area contributed by atoms with Gasteiger partial charge in [0.25, 0.3) is 18.0 Å². The van der Waals surface area contributed by atoms with E-state index < -0.39 is 18.2 Å². The van der Waals surface area contributed by atoms with Crippen molar-refractivity contribution in [1.82, 2.24) is 5.32 Å². The van der Waals surface area contributed by atoms with Crippen LogP contribution in [0.3, 0.4) is 0 Å². The standard InChI is InChI=1S/C22H19Cl2F3N2O2S.CH2O2/c1-12-4-14(2-3-18(12)20(30)28-9-13-10-32-11-13)19-8-21(31-29-19,22(25,26)27)15-5-16(23)7-17(24)6-15;2-1-3/h2-7,13H,8-11H2,1H3,(H,28,30);1H,(H,2,3). The molecule has 2 aromatic carbocycles. The van der Waals surface area contributed by atoms with E-state index in [9.17, 15) is 18.0 Å². The minimum absolute atomic E-state index is 0.0693. The maximum atomic E-state index is 14.1. The van der Waals surface area contributed by atoms with Crippen molar-refractivity contribution >= 4 is 53.1 Å². The fourth-order valence-electron chi connectivity index (χ4n) is 3.68. The lowest BCUT2D eigenvalue weighted by atomic mass is 9.86. The predicted molar refractivity (Wildman–Crippen MR) is 129 cm³/mol. The van der Waals surface area contributed by atoms with Crippen LogP contribution >= 0.6 is 35.0 Å². The molecule has 0 radical (unpaired) electrons. The molecule has 1 unspecified atom stereocenters. The molecule has 6 nitrogen and oxygen atoms in total. The van der Waals surface area contributed by atoms with E-state index in [1.54, 1.807) is 25.1 Å². The number of carbonyl (C=O) groups is 2. The molecule has 0 aliphatic carbocycles. The Kier molecular flexibility index (Phi) is 8.61. The molecule has 2 aliphatic heterocycles. The van der Waals surface area contributed by atoms with Gasteiger partial charge in [-0.2, -0.15) is 24.9 Å². The second-order valence-corrected chi connectivity index (χ2v) is 9.99. The number of amides is 1. The molecule has 2 heterocycles. The van der Waals surface area contributed by atoms with E-state index in [2.05, 4.69) is 10.5 Å². The van der Waals surface area contributed by atoms with Crippen molar-refractivity contribution in [3.8, 4) is 0 Å². The molecule has 2 aliphatic rings. The first-order valence-electron chi connectivity index (χ1n) is 10.3. The summed E-state index contributed by atoms with van der Waals surface area (Å²) in [6, 6.07) is 8.54. The van der Waals surface area contributed by atoms with Crippen LogP contribution in [-0.4, -0.2) is 47.4 Å². The summed E-state index contributed by atoms with van der Waals surface area (Å²) in [5.41, 5.74) is -1.22. The highest BCUT2D eigenvalue weighted by Gasteiger charge is 2.62. The van der Waals surface area contributed by atoms with Gasteiger partial charge in [-0.05, 0) is 65.8 Å². The Bertz CT molecular complexity index is 1120. The molecule has 0 saturated carbocycles. The number of hydrogen-bond acceptors (Lipinski definition) is 5. The van der Waals surface area contributed by atoms with E-state index in [0.29, 0.717) is 29.2 Å². The summed E-state index contributed by atoms with van der Waals surface area (Å²) >= 11 is 13.7. The fourth-order valence-corrected chi connectivity index (χ4v) is 5.01. The summed E-state index contributed by atoms with van der Waals surface area (Å²) in [6.45, 7) is 2.10. The van der Waals surface area contributed by atoms with Crippen molar-refractivity contribution in [1.29, 1.82) is 0 Å². The Morgan fingerprint density at radius 1 is 1.26 bits per heavy atom. The minimum atomic E-state index is -4.76. The van der Waals surface area contributed by atoms with Gasteiger partial charge in [-0.15, -0.1) is 0 Å². The molecule has 1 atom stereocenters. The first kappa shape index (κ1) is 27.2. The Labute approximate surface area is 213 Å². The highest BCUT2D eigenvalue weighted by Crippen LogP contribution is 2.49. The van der Waals surface area contributed by atoms with E-state index >= 15 is 0 Å². The van der Waals surface area contributed by atoms with Crippen LogP contribution in [0.4, 0.5) is 13.2 Å². The molecule has 2 aromatic rings. The van der Waals surface area contributed by atoms with E-state index in [-0.39, 0.29) is 33.7 Å². The largest absolute Gasteiger partial charge is 0.483 e. The van der Waals surface area contributed by atoms with E-state index in [1.807, 2.05) is 11.8 Å². The third-order valence-electron chi connectivity index (χ3n) is 5.58. The van der Waals surface area contributed by atoms with Gasteiger partial charge in [-0.1, -0.05) is 34.4 Å². The van der Waals surface area contributed by atoms with Gasteiger partial charge in [0, 0.05) is 34.1 Å². The Morgan fingerprint density at radius 2 is 1.89 bits per heavy atom. The minimum Gasteiger partial charge on any atom is -0.483 e. The molecule has 0 aromatic heterocycles. The van der Waals surface area contributed by atoms with Gasteiger partial charge in [-0.3, -0.25) is 9.59 Å². The summed E-state index contributed by atoms with van der Waals surface area (Å²) < 4.78 is 42.4. The second-order valence-electron chi connectivity index (χ2n) is 8.04. The first-order chi connectivity index (χ1) is 16.5. The van der Waals surface area contributed by atoms with Crippen LogP contribution < -0.4 is 5.32 Å². The number of nitrogens with one attached hydrogen (secondary N) is 1. The van der Waals surface area contributed by atoms with Crippen molar-refractivity contribution in [3.63, 3.8) is 0 Å². The predicted octanol–water partition coefficient (Wildman–Crippen LogP) is 5.68. The lowest BCUT2D eigenvalue weighted by Gasteiger charge is -2.29. The molecular weight excluding hydrogens is 528 g/mol. The number of alkyl halides is 3. The van der Waals surface area contributed by atoms with Gasteiger partial charge >= 0.3 is 6.18 Å². The van der Waals surface area contributed by atoms with Crippen LogP contribution in [0, 0.1) is 12.8 Å². The van der Waals surface area contributed by atoms with Crippen molar-refractivity contribution in [3.05, 3.63) is 68.7 Å². The number of oxime groups is 1. The molecule has 0 spiro atoms. The summed E-state index contributed by atoms with van der Waals surface area (Å²) in [5, 5.41) is 13.7.